The van der Waals surface area contributed by atoms with Gasteiger partial charge < -0.3 is 9.30 Å². The minimum atomic E-state index is -3.67. The number of thiazole rings is 1. The molecule has 36 heavy (non-hydrogen) atoms. The Hall–Kier alpha value is -3.09. The van der Waals surface area contributed by atoms with Crippen LogP contribution in [0.5, 0.6) is 5.75 Å². The van der Waals surface area contributed by atoms with E-state index in [1.807, 2.05) is 6.92 Å². The number of benzene rings is 2. The molecule has 4 rings (SSSR count). The summed E-state index contributed by atoms with van der Waals surface area (Å²) in [4.78, 5) is 28.5. The van der Waals surface area contributed by atoms with Gasteiger partial charge in [0, 0.05) is 31.3 Å². The van der Waals surface area contributed by atoms with E-state index in [0.29, 0.717) is 27.3 Å². The summed E-state index contributed by atoms with van der Waals surface area (Å²) in [5, 5.41) is 11.3. The summed E-state index contributed by atoms with van der Waals surface area (Å²) in [5.74, 6) is -0.218. The van der Waals surface area contributed by atoms with Crippen LogP contribution in [-0.2, 0) is 16.6 Å². The minimum absolute atomic E-state index is 0.00896. The SMILES string of the molecule is CCn1c(=NC(=O)c2ccc(S(=O)(=O)N(C)C3CCCCC3)cc2)sc2cc([N+](=O)[O-])cc(OC)c21. The maximum absolute atomic E-state index is 13.1. The van der Waals surface area contributed by atoms with Crippen LogP contribution < -0.4 is 9.54 Å². The molecule has 1 heterocycles. The zero-order valence-electron chi connectivity index (χ0n) is 20.3. The van der Waals surface area contributed by atoms with Gasteiger partial charge in [-0.1, -0.05) is 30.6 Å². The highest BCUT2D eigenvalue weighted by Gasteiger charge is 2.29. The molecular weight excluding hydrogens is 504 g/mol. The summed E-state index contributed by atoms with van der Waals surface area (Å²) in [6.07, 6.45) is 4.88. The lowest BCUT2D eigenvalue weighted by atomic mass is 9.96. The van der Waals surface area contributed by atoms with Crippen molar-refractivity contribution in [3.05, 3.63) is 56.9 Å². The molecule has 0 saturated heterocycles. The van der Waals surface area contributed by atoms with Gasteiger partial charge in [-0.05, 0) is 44.0 Å². The van der Waals surface area contributed by atoms with E-state index in [1.165, 1.54) is 47.8 Å². The predicted molar refractivity (Wildman–Crippen MR) is 137 cm³/mol. The first-order valence-electron chi connectivity index (χ1n) is 11.7. The number of rotatable bonds is 7. The zero-order valence-corrected chi connectivity index (χ0v) is 22.0. The van der Waals surface area contributed by atoms with Crippen LogP contribution in [-0.4, -0.2) is 48.3 Å². The number of carbonyl (C=O) groups excluding carboxylic acids is 1. The maximum Gasteiger partial charge on any atom is 0.279 e. The Morgan fingerprint density at radius 2 is 1.89 bits per heavy atom. The van der Waals surface area contributed by atoms with Gasteiger partial charge in [-0.2, -0.15) is 9.30 Å². The largest absolute Gasteiger partial charge is 0.494 e. The van der Waals surface area contributed by atoms with E-state index in [9.17, 15) is 23.3 Å². The molecule has 1 aliphatic rings. The van der Waals surface area contributed by atoms with Crippen LogP contribution in [0.1, 0.15) is 49.4 Å². The minimum Gasteiger partial charge on any atom is -0.494 e. The van der Waals surface area contributed by atoms with E-state index in [1.54, 1.807) is 11.6 Å². The van der Waals surface area contributed by atoms with Crippen LogP contribution in [0.3, 0.4) is 0 Å². The summed E-state index contributed by atoms with van der Waals surface area (Å²) in [6, 6.07) is 8.55. The van der Waals surface area contributed by atoms with Crippen molar-refractivity contribution in [3.8, 4) is 5.75 Å². The second kappa shape index (κ2) is 10.5. The van der Waals surface area contributed by atoms with Gasteiger partial charge in [0.25, 0.3) is 11.6 Å². The first-order chi connectivity index (χ1) is 17.2. The van der Waals surface area contributed by atoms with Gasteiger partial charge >= 0.3 is 0 Å². The van der Waals surface area contributed by atoms with Gasteiger partial charge in [-0.3, -0.25) is 14.9 Å². The number of nitro groups is 1. The molecule has 1 aromatic heterocycles. The quantitative estimate of drug-likeness (QED) is 0.329. The summed E-state index contributed by atoms with van der Waals surface area (Å²) in [5.41, 5.74) is 0.749. The highest BCUT2D eigenvalue weighted by molar-refractivity contribution is 7.89. The monoisotopic (exact) mass is 532 g/mol. The average Bonchev–Trinajstić information content (AvgIpc) is 3.24. The molecular formula is C24H28N4O6S2. The predicted octanol–water partition coefficient (Wildman–Crippen LogP) is 4.33. The highest BCUT2D eigenvalue weighted by Crippen LogP contribution is 2.33. The van der Waals surface area contributed by atoms with Crippen molar-refractivity contribution in [2.24, 2.45) is 4.99 Å². The van der Waals surface area contributed by atoms with E-state index in [0.717, 1.165) is 43.4 Å². The molecule has 0 unspecified atom stereocenters. The highest BCUT2D eigenvalue weighted by atomic mass is 32.2. The smallest absolute Gasteiger partial charge is 0.279 e. The third kappa shape index (κ3) is 4.93. The summed E-state index contributed by atoms with van der Waals surface area (Å²) < 4.78 is 35.3. The summed E-state index contributed by atoms with van der Waals surface area (Å²) in [6.45, 7) is 2.34. The fourth-order valence-corrected chi connectivity index (χ4v) is 7.09. The number of carbonyl (C=O) groups is 1. The van der Waals surface area contributed by atoms with Gasteiger partial charge in [0.1, 0.15) is 5.52 Å². The first-order valence-corrected chi connectivity index (χ1v) is 14.0. The van der Waals surface area contributed by atoms with Crippen molar-refractivity contribution < 1.29 is 22.9 Å². The second-order valence-corrected chi connectivity index (χ2v) is 11.6. The Morgan fingerprint density at radius 3 is 2.47 bits per heavy atom. The molecule has 1 fully saturated rings. The molecule has 0 aliphatic heterocycles. The van der Waals surface area contributed by atoms with Crippen LogP contribution in [0, 0.1) is 10.1 Å². The molecule has 3 aromatic rings. The number of hydrogen-bond donors (Lipinski definition) is 0. The number of ether oxygens (including phenoxy) is 1. The Bertz CT molecular complexity index is 1470. The van der Waals surface area contributed by atoms with Crippen molar-refractivity contribution >= 4 is 43.2 Å². The van der Waals surface area contributed by atoms with Gasteiger partial charge in [0.2, 0.25) is 10.0 Å². The van der Waals surface area contributed by atoms with Crippen LogP contribution in [0.2, 0.25) is 0 Å². The topological polar surface area (TPSA) is 124 Å². The number of methoxy groups -OCH3 is 1. The Balaban J connectivity index is 1.66. The van der Waals surface area contributed by atoms with Crippen molar-refractivity contribution in [2.45, 2.75) is 56.5 Å². The summed E-state index contributed by atoms with van der Waals surface area (Å²) in [7, 11) is -0.622. The van der Waals surface area contributed by atoms with Crippen molar-refractivity contribution in [1.82, 2.24) is 8.87 Å². The Kier molecular flexibility index (Phi) is 7.57. The molecule has 1 amide bonds. The van der Waals surface area contributed by atoms with Gasteiger partial charge in [-0.25, -0.2) is 8.42 Å². The fourth-order valence-electron chi connectivity index (χ4n) is 4.53. The van der Waals surface area contributed by atoms with Crippen LogP contribution in [0.4, 0.5) is 5.69 Å². The van der Waals surface area contributed by atoms with E-state index >= 15 is 0 Å². The number of sulfonamides is 1. The van der Waals surface area contributed by atoms with Crippen molar-refractivity contribution in [3.63, 3.8) is 0 Å². The summed E-state index contributed by atoms with van der Waals surface area (Å²) >= 11 is 1.15. The molecule has 0 atom stereocenters. The lowest BCUT2D eigenvalue weighted by Crippen LogP contribution is -2.38. The molecule has 1 aliphatic carbocycles. The molecule has 1 saturated carbocycles. The number of aromatic nitrogens is 1. The number of hydrogen-bond acceptors (Lipinski definition) is 7. The standard InChI is InChI=1S/C24H28N4O6S2/c1-4-27-22-20(34-3)14-18(28(30)31)15-21(22)35-24(27)25-23(29)16-10-12-19(13-11-16)36(32,33)26(2)17-8-6-5-7-9-17/h10-15,17H,4-9H2,1-3H3. The maximum atomic E-state index is 13.1. The first kappa shape index (κ1) is 26.0. The lowest BCUT2D eigenvalue weighted by Gasteiger charge is -2.30. The van der Waals surface area contributed by atoms with E-state index < -0.39 is 20.9 Å². The number of non-ortho nitro benzene ring substituents is 1. The lowest BCUT2D eigenvalue weighted by molar-refractivity contribution is -0.384. The molecule has 12 heteroatoms. The van der Waals surface area contributed by atoms with Gasteiger partial charge in [0.05, 0.1) is 27.7 Å². The van der Waals surface area contributed by atoms with Crippen LogP contribution in [0.15, 0.2) is 46.3 Å². The fraction of sp³-hybridized carbons (Fsp3) is 0.417. The number of aryl methyl sites for hydroxylation is 1. The number of amides is 1. The number of nitro benzene ring substituents is 1. The van der Waals surface area contributed by atoms with E-state index in [-0.39, 0.29) is 22.2 Å². The van der Waals surface area contributed by atoms with Gasteiger partial charge in [-0.15, -0.1) is 0 Å². The number of fused-ring (bicyclic) bond motifs is 1. The molecule has 0 spiro atoms. The molecule has 0 N–H and O–H groups in total. The molecule has 0 radical (unpaired) electrons. The van der Waals surface area contributed by atoms with E-state index in [2.05, 4.69) is 4.99 Å². The second-order valence-electron chi connectivity index (χ2n) is 8.64. The van der Waals surface area contributed by atoms with Gasteiger partial charge in [0.15, 0.2) is 10.6 Å². The average molecular weight is 533 g/mol. The molecule has 0 bridgehead atoms. The van der Waals surface area contributed by atoms with Crippen molar-refractivity contribution in [2.75, 3.05) is 14.2 Å². The normalized spacial score (nSPS) is 15.5. The number of nitrogens with zero attached hydrogens (tertiary/aromatic N) is 4. The third-order valence-electron chi connectivity index (χ3n) is 6.54. The molecule has 192 valence electrons. The third-order valence-corrected chi connectivity index (χ3v) is 9.49. The Labute approximate surface area is 213 Å². The Morgan fingerprint density at radius 1 is 1.22 bits per heavy atom. The van der Waals surface area contributed by atoms with Crippen molar-refractivity contribution in [1.29, 1.82) is 0 Å². The molecule has 2 aromatic carbocycles. The van der Waals surface area contributed by atoms with Crippen LogP contribution in [0.25, 0.3) is 10.2 Å². The van der Waals surface area contributed by atoms with Crippen LogP contribution >= 0.6 is 11.3 Å². The zero-order chi connectivity index (χ0) is 26.0. The van der Waals surface area contributed by atoms with E-state index in [4.69, 9.17) is 4.74 Å². The molecule has 10 nitrogen and oxygen atoms in total.